The number of aromatic nitrogens is 1. The van der Waals surface area contributed by atoms with E-state index >= 15 is 0 Å². The van der Waals surface area contributed by atoms with Crippen LogP contribution in [-0.2, 0) is 0 Å². The molecule has 1 atom stereocenters. The van der Waals surface area contributed by atoms with Crippen molar-refractivity contribution in [2.45, 2.75) is 13.0 Å². The number of hydrogen-bond donors (Lipinski definition) is 1. The Morgan fingerprint density at radius 1 is 1.67 bits per heavy atom. The molecule has 1 amide bonds. The van der Waals surface area contributed by atoms with Crippen LogP contribution in [0.4, 0.5) is 0 Å². The lowest BCUT2D eigenvalue weighted by atomic mass is 10.2. The molecule has 1 unspecified atom stereocenters. The first-order valence-electron chi connectivity index (χ1n) is 4.54. The molecule has 3 nitrogen and oxygen atoms in total. The van der Waals surface area contributed by atoms with Gasteiger partial charge in [-0.1, -0.05) is 0 Å². The summed E-state index contributed by atoms with van der Waals surface area (Å²) in [5.41, 5.74) is 0.581. The zero-order chi connectivity index (χ0) is 11.3. The van der Waals surface area contributed by atoms with Gasteiger partial charge in [-0.15, -0.1) is 0 Å². The Bertz CT molecular complexity index is 346. The molecule has 0 bridgehead atoms. The SMILES string of the molecule is CSCC(C)NC(=O)c1cncc(Br)c1. The summed E-state index contributed by atoms with van der Waals surface area (Å²) < 4.78 is 0.813. The molecule has 1 heterocycles. The molecule has 1 N–H and O–H groups in total. The number of pyridine rings is 1. The van der Waals surface area contributed by atoms with Crippen molar-refractivity contribution in [1.82, 2.24) is 10.3 Å². The molecule has 0 aliphatic rings. The van der Waals surface area contributed by atoms with Crippen LogP contribution in [0.1, 0.15) is 17.3 Å². The van der Waals surface area contributed by atoms with Gasteiger partial charge in [-0.3, -0.25) is 9.78 Å². The zero-order valence-corrected chi connectivity index (χ0v) is 11.1. The molecule has 1 aromatic heterocycles. The predicted molar refractivity (Wildman–Crippen MR) is 67.2 cm³/mol. The van der Waals surface area contributed by atoms with E-state index in [-0.39, 0.29) is 11.9 Å². The molecular weight excluding hydrogens is 276 g/mol. The number of carbonyl (C=O) groups is 1. The normalized spacial score (nSPS) is 12.2. The molecule has 0 aliphatic heterocycles. The minimum absolute atomic E-state index is 0.0784. The van der Waals surface area contributed by atoms with Crippen LogP contribution in [-0.4, -0.2) is 28.9 Å². The first-order valence-corrected chi connectivity index (χ1v) is 6.72. The van der Waals surface area contributed by atoms with Gasteiger partial charge in [-0.05, 0) is 35.2 Å². The summed E-state index contributed by atoms with van der Waals surface area (Å²) in [7, 11) is 0. The lowest BCUT2D eigenvalue weighted by molar-refractivity contribution is 0.0943. The van der Waals surface area contributed by atoms with Crippen molar-refractivity contribution in [3.8, 4) is 0 Å². The van der Waals surface area contributed by atoms with Crippen molar-refractivity contribution in [2.24, 2.45) is 0 Å². The zero-order valence-electron chi connectivity index (χ0n) is 8.66. The average Bonchev–Trinajstić information content (AvgIpc) is 2.18. The quantitative estimate of drug-likeness (QED) is 0.925. The third-order valence-electron chi connectivity index (χ3n) is 1.76. The standard InChI is InChI=1S/C10H13BrN2OS/c1-7(6-15-2)13-10(14)8-3-9(11)5-12-4-8/h3-5,7H,6H2,1-2H3,(H,13,14). The van der Waals surface area contributed by atoms with Crippen molar-refractivity contribution < 1.29 is 4.79 Å². The van der Waals surface area contributed by atoms with Gasteiger partial charge < -0.3 is 5.32 Å². The number of halogens is 1. The van der Waals surface area contributed by atoms with E-state index in [1.54, 1.807) is 30.2 Å². The first kappa shape index (κ1) is 12.5. The number of nitrogens with zero attached hydrogens (tertiary/aromatic N) is 1. The van der Waals surface area contributed by atoms with Gasteiger partial charge in [0.15, 0.2) is 0 Å². The fourth-order valence-corrected chi connectivity index (χ4v) is 2.08. The number of thioether (sulfide) groups is 1. The van der Waals surface area contributed by atoms with E-state index in [1.165, 1.54) is 0 Å². The molecule has 0 aliphatic carbocycles. The Morgan fingerprint density at radius 2 is 2.40 bits per heavy atom. The van der Waals surface area contributed by atoms with E-state index in [2.05, 4.69) is 26.2 Å². The molecule has 0 spiro atoms. The van der Waals surface area contributed by atoms with Crippen LogP contribution < -0.4 is 5.32 Å². The van der Waals surface area contributed by atoms with Crippen molar-refractivity contribution in [3.63, 3.8) is 0 Å². The number of amides is 1. The van der Waals surface area contributed by atoms with Gasteiger partial charge in [-0.25, -0.2) is 0 Å². The van der Waals surface area contributed by atoms with Crippen molar-refractivity contribution in [1.29, 1.82) is 0 Å². The van der Waals surface area contributed by atoms with Gasteiger partial charge in [0.05, 0.1) is 5.56 Å². The van der Waals surface area contributed by atoms with Crippen LogP contribution in [0, 0.1) is 0 Å². The van der Waals surface area contributed by atoms with Gasteiger partial charge in [0.25, 0.3) is 5.91 Å². The molecular formula is C10H13BrN2OS. The minimum atomic E-state index is -0.0784. The Kier molecular flexibility index (Phi) is 5.11. The highest BCUT2D eigenvalue weighted by atomic mass is 79.9. The molecule has 82 valence electrons. The number of hydrogen-bond acceptors (Lipinski definition) is 3. The van der Waals surface area contributed by atoms with Gasteiger partial charge in [0.1, 0.15) is 0 Å². The Hall–Kier alpha value is -0.550. The van der Waals surface area contributed by atoms with Crippen LogP contribution in [0.3, 0.4) is 0 Å². The Balaban J connectivity index is 2.61. The van der Waals surface area contributed by atoms with Crippen LogP contribution in [0.2, 0.25) is 0 Å². The maximum atomic E-state index is 11.7. The maximum Gasteiger partial charge on any atom is 0.253 e. The maximum absolute atomic E-state index is 11.7. The highest BCUT2D eigenvalue weighted by Crippen LogP contribution is 2.09. The minimum Gasteiger partial charge on any atom is -0.349 e. The van der Waals surface area contributed by atoms with E-state index in [0.717, 1.165) is 10.2 Å². The fraction of sp³-hybridized carbons (Fsp3) is 0.400. The highest BCUT2D eigenvalue weighted by molar-refractivity contribution is 9.10. The largest absolute Gasteiger partial charge is 0.349 e. The topological polar surface area (TPSA) is 42.0 Å². The number of nitrogens with one attached hydrogen (secondary N) is 1. The van der Waals surface area contributed by atoms with Gasteiger partial charge >= 0.3 is 0 Å². The van der Waals surface area contributed by atoms with E-state index in [0.29, 0.717) is 5.56 Å². The van der Waals surface area contributed by atoms with Crippen LogP contribution >= 0.6 is 27.7 Å². The number of carbonyl (C=O) groups excluding carboxylic acids is 1. The van der Waals surface area contributed by atoms with Crippen molar-refractivity contribution >= 4 is 33.6 Å². The molecule has 5 heteroatoms. The molecule has 0 saturated carbocycles. The summed E-state index contributed by atoms with van der Waals surface area (Å²) in [6.07, 6.45) is 5.23. The van der Waals surface area contributed by atoms with Crippen LogP contribution in [0.15, 0.2) is 22.9 Å². The predicted octanol–water partition coefficient (Wildman–Crippen LogP) is 2.33. The molecule has 0 aromatic carbocycles. The second-order valence-electron chi connectivity index (χ2n) is 3.22. The summed E-state index contributed by atoms with van der Waals surface area (Å²) in [6.45, 7) is 1.99. The summed E-state index contributed by atoms with van der Waals surface area (Å²) in [5, 5.41) is 2.90. The summed E-state index contributed by atoms with van der Waals surface area (Å²) >= 11 is 4.99. The average molecular weight is 289 g/mol. The summed E-state index contributed by atoms with van der Waals surface area (Å²) in [4.78, 5) is 15.6. The van der Waals surface area contributed by atoms with Crippen LogP contribution in [0.5, 0.6) is 0 Å². The monoisotopic (exact) mass is 288 g/mol. The van der Waals surface area contributed by atoms with Crippen molar-refractivity contribution in [3.05, 3.63) is 28.5 Å². The summed E-state index contributed by atoms with van der Waals surface area (Å²) in [5.74, 6) is 0.832. The molecule has 0 saturated heterocycles. The lowest BCUT2D eigenvalue weighted by Crippen LogP contribution is -2.34. The Labute approximate surface area is 102 Å². The fourth-order valence-electron chi connectivity index (χ4n) is 1.13. The molecule has 1 aromatic rings. The van der Waals surface area contributed by atoms with E-state index in [1.807, 2.05) is 13.2 Å². The number of rotatable bonds is 4. The first-order chi connectivity index (χ1) is 7.13. The molecule has 0 fully saturated rings. The highest BCUT2D eigenvalue weighted by Gasteiger charge is 2.09. The lowest BCUT2D eigenvalue weighted by Gasteiger charge is -2.12. The van der Waals surface area contributed by atoms with E-state index < -0.39 is 0 Å². The van der Waals surface area contributed by atoms with Gasteiger partial charge in [-0.2, -0.15) is 11.8 Å². The van der Waals surface area contributed by atoms with Crippen molar-refractivity contribution in [2.75, 3.05) is 12.0 Å². The van der Waals surface area contributed by atoms with Crippen LogP contribution in [0.25, 0.3) is 0 Å². The summed E-state index contributed by atoms with van der Waals surface area (Å²) in [6, 6.07) is 1.93. The van der Waals surface area contributed by atoms with Gasteiger partial charge in [0.2, 0.25) is 0 Å². The second-order valence-corrected chi connectivity index (χ2v) is 5.05. The third kappa shape index (κ3) is 4.22. The molecule has 15 heavy (non-hydrogen) atoms. The third-order valence-corrected chi connectivity index (χ3v) is 3.03. The smallest absolute Gasteiger partial charge is 0.253 e. The Morgan fingerprint density at radius 3 is 3.00 bits per heavy atom. The van der Waals surface area contributed by atoms with E-state index in [9.17, 15) is 4.79 Å². The molecule has 1 rings (SSSR count). The molecule has 0 radical (unpaired) electrons. The van der Waals surface area contributed by atoms with Gasteiger partial charge in [0, 0.05) is 28.7 Å². The van der Waals surface area contributed by atoms with E-state index in [4.69, 9.17) is 0 Å². The second kappa shape index (κ2) is 6.12.